The third kappa shape index (κ3) is 9.74. The predicted octanol–water partition coefficient (Wildman–Crippen LogP) is 5.51. The maximum atomic E-state index is 13.4. The first-order valence-corrected chi connectivity index (χ1v) is 28.1. The summed E-state index contributed by atoms with van der Waals surface area (Å²) in [6.45, 7) is 23.8. The fourth-order valence-electron chi connectivity index (χ4n) is 17.9. The van der Waals surface area contributed by atoms with Crippen LogP contribution in [0.4, 0.5) is 0 Å². The maximum Gasteiger partial charge on any atom is 0.303 e. The van der Waals surface area contributed by atoms with Crippen LogP contribution in [0.2, 0.25) is 0 Å². The van der Waals surface area contributed by atoms with E-state index in [4.69, 9.17) is 66.3 Å². The molecule has 4 aliphatic heterocycles. The quantitative estimate of drug-likeness (QED) is 0.118. The first-order valence-electron chi connectivity index (χ1n) is 28.1. The molecule has 0 N–H and O–H groups in total. The number of hydrogen-bond donors (Lipinski definition) is 0. The Kier molecular flexibility index (Phi) is 15.5. The van der Waals surface area contributed by atoms with Gasteiger partial charge in [-0.2, -0.15) is 0 Å². The number of ether oxygens (including phenoxy) is 14. The fraction of sp³-hybridized carbons (Fsp3) is 0.860. The second-order valence-electron chi connectivity index (χ2n) is 25.7. The van der Waals surface area contributed by atoms with Crippen LogP contribution in [0.1, 0.15) is 155 Å². The third-order valence-electron chi connectivity index (χ3n) is 20.3. The first kappa shape index (κ1) is 59.2. The van der Waals surface area contributed by atoms with Gasteiger partial charge in [-0.25, -0.2) is 0 Å². The highest BCUT2D eigenvalue weighted by molar-refractivity contribution is 5.70. The smallest absolute Gasteiger partial charge is 0.303 e. The zero-order valence-corrected chi connectivity index (χ0v) is 48.4. The molecular weight excluding hydrogens is 1040 g/mol. The van der Waals surface area contributed by atoms with Crippen molar-refractivity contribution in [3.63, 3.8) is 0 Å². The van der Waals surface area contributed by atoms with E-state index >= 15 is 0 Å². The third-order valence-corrected chi connectivity index (χ3v) is 20.3. The zero-order valence-electron chi connectivity index (χ0n) is 48.4. The summed E-state index contributed by atoms with van der Waals surface area (Å²) in [5.74, 6) is -6.54. The summed E-state index contributed by atoms with van der Waals surface area (Å²) >= 11 is 0. The molecule has 5 aliphatic carbocycles. The van der Waals surface area contributed by atoms with Gasteiger partial charge in [0.25, 0.3) is 0 Å². The van der Waals surface area contributed by atoms with Crippen LogP contribution in [0.5, 0.6) is 0 Å². The van der Waals surface area contributed by atoms with Gasteiger partial charge in [0.15, 0.2) is 49.2 Å². The minimum Gasteiger partial charge on any atom is -0.463 e. The molecule has 9 fully saturated rings. The van der Waals surface area contributed by atoms with Crippen molar-refractivity contribution >= 4 is 47.8 Å². The molecule has 0 radical (unpaired) electrons. The van der Waals surface area contributed by atoms with E-state index in [0.29, 0.717) is 12.8 Å². The molecule has 442 valence electrons. The molecule has 4 heterocycles. The molecule has 9 rings (SSSR count). The van der Waals surface area contributed by atoms with Gasteiger partial charge in [-0.1, -0.05) is 34.6 Å². The molecule has 0 amide bonds. The highest BCUT2D eigenvalue weighted by atomic mass is 16.8. The van der Waals surface area contributed by atoms with Crippen molar-refractivity contribution < 1.29 is 105 Å². The lowest BCUT2D eigenvalue weighted by Gasteiger charge is -2.63. The first-order chi connectivity index (χ1) is 36.8. The van der Waals surface area contributed by atoms with Gasteiger partial charge >= 0.3 is 47.8 Å². The second kappa shape index (κ2) is 20.7. The molecule has 2 bridgehead atoms. The van der Waals surface area contributed by atoms with Crippen LogP contribution in [-0.2, 0) is 105 Å². The number of carbonyl (C=O) groups excluding carboxylic acids is 8. The Morgan fingerprint density at radius 2 is 1.15 bits per heavy atom. The summed E-state index contributed by atoms with van der Waals surface area (Å²) in [5.41, 5.74) is -2.65. The largest absolute Gasteiger partial charge is 0.463 e. The molecule has 22 nitrogen and oxygen atoms in total. The predicted molar refractivity (Wildman–Crippen MR) is 268 cm³/mol. The number of esters is 8. The lowest BCUT2D eigenvalue weighted by Crippen LogP contribution is -2.66. The van der Waals surface area contributed by atoms with E-state index in [1.807, 2.05) is 13.8 Å². The lowest BCUT2D eigenvalue weighted by atomic mass is 9.41. The summed E-state index contributed by atoms with van der Waals surface area (Å²) in [6, 6.07) is 0. The van der Waals surface area contributed by atoms with Gasteiger partial charge in [-0.15, -0.1) is 0 Å². The van der Waals surface area contributed by atoms with E-state index < -0.39 is 150 Å². The second-order valence-corrected chi connectivity index (χ2v) is 25.7. The lowest BCUT2D eigenvalue weighted by molar-refractivity contribution is -0.358. The molecular formula is C57H82O22. The molecule has 0 aromatic heterocycles. The highest BCUT2D eigenvalue weighted by Gasteiger charge is 2.89. The van der Waals surface area contributed by atoms with Crippen LogP contribution < -0.4 is 0 Å². The Morgan fingerprint density at radius 1 is 0.582 bits per heavy atom. The van der Waals surface area contributed by atoms with Crippen molar-refractivity contribution in [2.24, 2.45) is 50.7 Å². The van der Waals surface area contributed by atoms with Crippen molar-refractivity contribution in [3.8, 4) is 0 Å². The van der Waals surface area contributed by atoms with Crippen LogP contribution in [0.3, 0.4) is 0 Å². The zero-order chi connectivity index (χ0) is 57.9. The van der Waals surface area contributed by atoms with Gasteiger partial charge < -0.3 is 66.3 Å². The van der Waals surface area contributed by atoms with Gasteiger partial charge in [0.05, 0.1) is 18.8 Å². The summed E-state index contributed by atoms with van der Waals surface area (Å²) in [7, 11) is 0. The molecule has 5 saturated carbocycles. The molecule has 22 atom stereocenters. The molecule has 0 aromatic rings. The number of fused-ring (bicyclic) bond motifs is 4. The standard InChI is InChI=1S/C57H82O22/c1-26-22-35-47(52(12,13)77-34(9)65)79-57(78-35)46(26)53(14)20-21-56-25-55(56)19-18-40(51(10,11)38(55)16-17-39(56)54(53,15)50(57)73-33(8)64)75-48-44(71-31(6)62)42(36(24-67-48)68-28(3)59)76-49-45(72-32(7)63)43(70-30(5)61)41(69-29(4)60)37(74-49)23-66-27(2)58/h26,35-50H,16-25H2,1-15H3/t26-,35-,36-,37-,38+,39+,40+,41-,42+,43+,44-,45-,46?,47-,48+,49+,50-,53-,54-,55-,56+,57+/m1/s1. The molecule has 1 unspecified atom stereocenters. The van der Waals surface area contributed by atoms with E-state index in [0.717, 1.165) is 66.2 Å². The summed E-state index contributed by atoms with van der Waals surface area (Å²) < 4.78 is 87.3. The van der Waals surface area contributed by atoms with Gasteiger partial charge in [0, 0.05) is 66.7 Å². The SMILES string of the molecule is CC(=O)OC[C@H]1O[C@@H](O[C@@H]2[C@@H](OC(C)=O)[C@H](O[C@H]3CC[C@]45C[C@]46CC[C@]4(C)C7[C@H](C)C[C@H]8O[C@@]7(O[C@H]8C(C)(C)OC(C)=O)[C@H](OC(C)=O)[C@@]4(C)[C@@H]6CC[C@H]5C3(C)C)OC[C@H]2OC(C)=O)[C@H](OC(C)=O)[C@@H](OC(C)=O)[C@@H]1OC(C)=O. The average molecular weight is 1120 g/mol. The van der Waals surface area contributed by atoms with Crippen LogP contribution in [0.15, 0.2) is 0 Å². The monoisotopic (exact) mass is 1120 g/mol. The van der Waals surface area contributed by atoms with Crippen molar-refractivity contribution in [2.75, 3.05) is 13.2 Å². The van der Waals surface area contributed by atoms with E-state index in [2.05, 4.69) is 34.6 Å². The fourth-order valence-corrected chi connectivity index (χ4v) is 17.9. The minimum absolute atomic E-state index is 0.0921. The summed E-state index contributed by atoms with van der Waals surface area (Å²) in [4.78, 5) is 102. The molecule has 22 heteroatoms. The summed E-state index contributed by atoms with van der Waals surface area (Å²) in [6.07, 6.45) is -8.96. The van der Waals surface area contributed by atoms with E-state index in [1.165, 1.54) is 27.7 Å². The van der Waals surface area contributed by atoms with E-state index in [-0.39, 0.29) is 52.6 Å². The van der Waals surface area contributed by atoms with Gasteiger partial charge in [-0.3, -0.25) is 38.4 Å². The van der Waals surface area contributed by atoms with Gasteiger partial charge in [0.2, 0.25) is 5.79 Å². The summed E-state index contributed by atoms with van der Waals surface area (Å²) in [5, 5.41) is 0. The number of rotatable bonds is 14. The molecule has 4 saturated heterocycles. The Bertz CT molecular complexity index is 2460. The van der Waals surface area contributed by atoms with Crippen LogP contribution >= 0.6 is 0 Å². The van der Waals surface area contributed by atoms with Crippen molar-refractivity contribution in [3.05, 3.63) is 0 Å². The Labute approximate surface area is 461 Å². The highest BCUT2D eigenvalue weighted by Crippen LogP contribution is 2.90. The topological polar surface area (TPSA) is 266 Å². The van der Waals surface area contributed by atoms with Crippen LogP contribution in [-0.4, -0.2) is 152 Å². The van der Waals surface area contributed by atoms with Gasteiger partial charge in [0.1, 0.15) is 30.5 Å². The van der Waals surface area contributed by atoms with Crippen molar-refractivity contribution in [2.45, 2.75) is 246 Å². The molecule has 79 heavy (non-hydrogen) atoms. The normalized spacial score (nSPS) is 45.0. The van der Waals surface area contributed by atoms with E-state index in [1.54, 1.807) is 0 Å². The Morgan fingerprint density at radius 3 is 1.75 bits per heavy atom. The molecule has 3 spiro atoms. The maximum absolute atomic E-state index is 13.4. The minimum atomic E-state index is -1.73. The van der Waals surface area contributed by atoms with Gasteiger partial charge in [-0.05, 0) is 105 Å². The van der Waals surface area contributed by atoms with E-state index in [9.17, 15) is 38.4 Å². The Hall–Kier alpha value is -4.48. The van der Waals surface area contributed by atoms with Crippen LogP contribution in [0, 0.1) is 50.7 Å². The van der Waals surface area contributed by atoms with Crippen LogP contribution in [0.25, 0.3) is 0 Å². The molecule has 9 aliphatic rings. The average Bonchev–Trinajstić information content (AvgIpc) is 2.13. The number of carbonyl (C=O) groups is 8. The van der Waals surface area contributed by atoms with Crippen molar-refractivity contribution in [1.29, 1.82) is 0 Å². The molecule has 0 aromatic carbocycles. The Balaban J connectivity index is 1.01. The van der Waals surface area contributed by atoms with Crippen molar-refractivity contribution in [1.82, 2.24) is 0 Å². The number of hydrogen-bond acceptors (Lipinski definition) is 22.